The summed E-state index contributed by atoms with van der Waals surface area (Å²) in [5.74, 6) is 1.20. The van der Waals surface area contributed by atoms with Gasteiger partial charge in [0.2, 0.25) is 0 Å². The van der Waals surface area contributed by atoms with Crippen LogP contribution in [0, 0.1) is 11.8 Å². The Morgan fingerprint density at radius 2 is 2.19 bits per heavy atom. The van der Waals surface area contributed by atoms with Gasteiger partial charge in [0.15, 0.2) is 0 Å². The van der Waals surface area contributed by atoms with Crippen LogP contribution in [0.4, 0.5) is 0 Å². The smallest absolute Gasteiger partial charge is 0.315 e. The number of para-hydroxylation sites is 1. The fourth-order valence-corrected chi connectivity index (χ4v) is 3.55. The first-order chi connectivity index (χ1) is 7.82. The topological polar surface area (TPSA) is 35.5 Å². The van der Waals surface area contributed by atoms with Crippen LogP contribution in [-0.4, -0.2) is 19.2 Å². The quantitative estimate of drug-likeness (QED) is 0.487. The summed E-state index contributed by atoms with van der Waals surface area (Å²) in [6.45, 7) is 1.46. The largest absolute Gasteiger partial charge is 0.426 e. The monoisotopic (exact) mass is 216 g/mol. The Bertz CT molecular complexity index is 482. The lowest BCUT2D eigenvalue weighted by Crippen LogP contribution is -2.59. The van der Waals surface area contributed by atoms with E-state index >= 15 is 0 Å². The number of fused-ring (bicyclic) bond motifs is 1. The van der Waals surface area contributed by atoms with Crippen LogP contribution >= 0.6 is 0 Å². The second kappa shape index (κ2) is 2.66. The highest BCUT2D eigenvalue weighted by atomic mass is 16.5. The molecule has 1 aliphatic carbocycles. The molecule has 3 atom stereocenters. The molecule has 1 spiro atoms. The zero-order chi connectivity index (χ0) is 10.8. The summed E-state index contributed by atoms with van der Waals surface area (Å²) < 4.78 is 11.0. The van der Waals surface area contributed by atoms with E-state index in [0.29, 0.717) is 12.5 Å². The summed E-state index contributed by atoms with van der Waals surface area (Å²) in [5, 5.41) is 0. The molecule has 2 fully saturated rings. The molecule has 0 aromatic heterocycles. The first kappa shape index (κ1) is 8.76. The minimum atomic E-state index is -0.0690. The lowest BCUT2D eigenvalue weighted by molar-refractivity contribution is -0.152. The highest BCUT2D eigenvalue weighted by Crippen LogP contribution is 2.61. The minimum Gasteiger partial charge on any atom is -0.426 e. The van der Waals surface area contributed by atoms with Crippen molar-refractivity contribution in [1.29, 1.82) is 0 Å². The van der Waals surface area contributed by atoms with Crippen LogP contribution in [0.15, 0.2) is 24.3 Å². The molecule has 16 heavy (non-hydrogen) atoms. The maximum Gasteiger partial charge on any atom is 0.315 e. The third-order valence-corrected chi connectivity index (χ3v) is 4.41. The highest BCUT2D eigenvalue weighted by molar-refractivity contribution is 5.82. The summed E-state index contributed by atoms with van der Waals surface area (Å²) >= 11 is 0. The predicted octanol–water partition coefficient (Wildman–Crippen LogP) is 1.51. The first-order valence-electron chi connectivity index (χ1n) is 5.71. The van der Waals surface area contributed by atoms with Gasteiger partial charge in [-0.1, -0.05) is 18.2 Å². The Balaban J connectivity index is 1.95. The molecule has 3 aliphatic rings. The van der Waals surface area contributed by atoms with Crippen molar-refractivity contribution < 1.29 is 14.3 Å². The van der Waals surface area contributed by atoms with Crippen molar-refractivity contribution in [2.45, 2.75) is 11.8 Å². The molecule has 1 saturated carbocycles. The Hall–Kier alpha value is -1.35. The van der Waals surface area contributed by atoms with Crippen molar-refractivity contribution in [2.75, 3.05) is 13.2 Å². The molecule has 3 nitrogen and oxygen atoms in total. The van der Waals surface area contributed by atoms with Crippen molar-refractivity contribution >= 4 is 5.97 Å². The van der Waals surface area contributed by atoms with Crippen molar-refractivity contribution in [3.63, 3.8) is 0 Å². The summed E-state index contributed by atoms with van der Waals surface area (Å²) in [6, 6.07) is 7.88. The minimum absolute atomic E-state index is 0.0231. The maximum atomic E-state index is 11.9. The molecule has 0 amide bonds. The van der Waals surface area contributed by atoms with Gasteiger partial charge in [-0.25, -0.2) is 0 Å². The average Bonchev–Trinajstić information content (AvgIpc) is 2.57. The SMILES string of the molecule is O=C1Oc2ccccc2[C@]23COC[C@H]2C[C@H]13. The van der Waals surface area contributed by atoms with Crippen LogP contribution in [0.5, 0.6) is 5.75 Å². The van der Waals surface area contributed by atoms with Crippen LogP contribution in [0.1, 0.15) is 12.0 Å². The van der Waals surface area contributed by atoms with E-state index in [-0.39, 0.29) is 17.3 Å². The number of hydrogen-bond acceptors (Lipinski definition) is 3. The van der Waals surface area contributed by atoms with Gasteiger partial charge in [-0.15, -0.1) is 0 Å². The Morgan fingerprint density at radius 1 is 1.31 bits per heavy atom. The number of esters is 1. The second-order valence-electron chi connectivity index (χ2n) is 4.96. The third kappa shape index (κ3) is 0.789. The summed E-state index contributed by atoms with van der Waals surface area (Å²) in [4.78, 5) is 11.9. The van der Waals surface area contributed by atoms with Crippen LogP contribution < -0.4 is 4.74 Å². The molecule has 1 saturated heterocycles. The van der Waals surface area contributed by atoms with Crippen molar-refractivity contribution in [1.82, 2.24) is 0 Å². The third-order valence-electron chi connectivity index (χ3n) is 4.41. The van der Waals surface area contributed by atoms with Crippen molar-refractivity contribution in [2.24, 2.45) is 11.8 Å². The van der Waals surface area contributed by atoms with E-state index in [1.165, 1.54) is 5.56 Å². The van der Waals surface area contributed by atoms with Gasteiger partial charge in [0.25, 0.3) is 0 Å². The van der Waals surface area contributed by atoms with Crippen molar-refractivity contribution in [3.8, 4) is 5.75 Å². The fraction of sp³-hybridized carbons (Fsp3) is 0.462. The number of hydrogen-bond donors (Lipinski definition) is 0. The molecule has 1 aromatic carbocycles. The van der Waals surface area contributed by atoms with Crippen LogP contribution in [0.25, 0.3) is 0 Å². The van der Waals surface area contributed by atoms with E-state index < -0.39 is 0 Å². The molecule has 82 valence electrons. The number of rotatable bonds is 0. The van der Waals surface area contributed by atoms with Gasteiger partial charge in [0, 0.05) is 11.0 Å². The summed E-state index contributed by atoms with van der Waals surface area (Å²) in [5.41, 5.74) is 1.11. The Labute approximate surface area is 93.4 Å². The lowest BCUT2D eigenvalue weighted by atomic mass is 9.50. The lowest BCUT2D eigenvalue weighted by Gasteiger charge is -2.52. The Kier molecular flexibility index (Phi) is 1.46. The van der Waals surface area contributed by atoms with Gasteiger partial charge in [-0.3, -0.25) is 4.79 Å². The molecule has 0 bridgehead atoms. The van der Waals surface area contributed by atoms with Gasteiger partial charge < -0.3 is 9.47 Å². The molecule has 4 rings (SSSR count). The van der Waals surface area contributed by atoms with E-state index in [9.17, 15) is 4.79 Å². The molecular formula is C13H12O3. The van der Waals surface area contributed by atoms with Gasteiger partial charge >= 0.3 is 5.97 Å². The molecule has 0 unspecified atom stereocenters. The molecule has 2 aliphatic heterocycles. The van der Waals surface area contributed by atoms with Crippen molar-refractivity contribution in [3.05, 3.63) is 29.8 Å². The van der Waals surface area contributed by atoms with E-state index in [1.807, 2.05) is 18.2 Å². The van der Waals surface area contributed by atoms with E-state index in [2.05, 4.69) is 6.07 Å². The molecule has 2 heterocycles. The Morgan fingerprint density at radius 3 is 3.06 bits per heavy atom. The van der Waals surface area contributed by atoms with E-state index in [1.54, 1.807) is 0 Å². The zero-order valence-electron chi connectivity index (χ0n) is 8.81. The fourth-order valence-electron chi connectivity index (χ4n) is 3.55. The average molecular weight is 216 g/mol. The molecule has 1 aromatic rings. The van der Waals surface area contributed by atoms with Gasteiger partial charge in [0.05, 0.1) is 19.1 Å². The number of ether oxygens (including phenoxy) is 2. The molecular weight excluding hydrogens is 204 g/mol. The standard InChI is InChI=1S/C13H12O3/c14-12-10-5-8-6-15-7-13(8,10)9-3-1-2-4-11(9)16-12/h1-4,8,10H,5-7H2/t8-,10-,13+/m1/s1. The van der Waals surface area contributed by atoms with Gasteiger partial charge in [0.1, 0.15) is 5.75 Å². The van der Waals surface area contributed by atoms with Crippen LogP contribution in [0.2, 0.25) is 0 Å². The number of carbonyl (C=O) groups excluding carboxylic acids is 1. The molecule has 3 heteroatoms. The number of benzene rings is 1. The van der Waals surface area contributed by atoms with Crippen LogP contribution in [0.3, 0.4) is 0 Å². The normalized spacial score (nSPS) is 39.1. The van der Waals surface area contributed by atoms with Gasteiger partial charge in [-0.05, 0) is 18.4 Å². The predicted molar refractivity (Wildman–Crippen MR) is 56.2 cm³/mol. The first-order valence-corrected chi connectivity index (χ1v) is 5.71. The molecule has 0 radical (unpaired) electrons. The maximum absolute atomic E-state index is 11.9. The summed E-state index contributed by atoms with van der Waals surface area (Å²) in [6.07, 6.45) is 0.924. The van der Waals surface area contributed by atoms with E-state index in [4.69, 9.17) is 9.47 Å². The van der Waals surface area contributed by atoms with Gasteiger partial charge in [-0.2, -0.15) is 0 Å². The zero-order valence-corrected chi connectivity index (χ0v) is 8.81. The molecule has 0 N–H and O–H groups in total. The second-order valence-corrected chi connectivity index (χ2v) is 4.96. The van der Waals surface area contributed by atoms with E-state index in [0.717, 1.165) is 18.8 Å². The summed E-state index contributed by atoms with van der Waals surface area (Å²) in [7, 11) is 0. The highest BCUT2D eigenvalue weighted by Gasteiger charge is 2.65. The van der Waals surface area contributed by atoms with Crippen LogP contribution in [-0.2, 0) is 14.9 Å². The number of carbonyl (C=O) groups is 1.